The van der Waals surface area contributed by atoms with Crippen molar-refractivity contribution < 1.29 is 4.52 Å². The van der Waals surface area contributed by atoms with Gasteiger partial charge in [-0.25, -0.2) is 0 Å². The zero-order valence-corrected chi connectivity index (χ0v) is 10.0. The Hall–Kier alpha value is -0.570. The van der Waals surface area contributed by atoms with Crippen LogP contribution in [-0.4, -0.2) is 10.1 Å². The van der Waals surface area contributed by atoms with E-state index in [0.29, 0.717) is 5.82 Å². The number of halogens is 1. The van der Waals surface area contributed by atoms with E-state index >= 15 is 0 Å². The molecule has 1 aromatic rings. The molecule has 0 radical (unpaired) electrons. The van der Waals surface area contributed by atoms with Crippen LogP contribution in [0.5, 0.6) is 0 Å². The summed E-state index contributed by atoms with van der Waals surface area (Å²) in [4.78, 5) is 4.40. The summed E-state index contributed by atoms with van der Waals surface area (Å²) in [5, 5.41) is 3.75. The number of hydrogen-bond donors (Lipinski definition) is 0. The Balaban J connectivity index is 2.20. The first-order valence-electron chi connectivity index (χ1n) is 5.60. The van der Waals surface area contributed by atoms with E-state index in [1.807, 2.05) is 6.92 Å². The maximum atomic E-state index is 5.92. The molecule has 2 rings (SSSR count). The van der Waals surface area contributed by atoms with Crippen molar-refractivity contribution in [3.63, 3.8) is 0 Å². The van der Waals surface area contributed by atoms with Crippen LogP contribution in [0.15, 0.2) is 4.52 Å². The van der Waals surface area contributed by atoms with Gasteiger partial charge in [0.05, 0.1) is 5.38 Å². The molecular weight excluding hydrogens is 212 g/mol. The number of hydrogen-bond acceptors (Lipinski definition) is 3. The van der Waals surface area contributed by atoms with Crippen molar-refractivity contribution in [3.8, 4) is 0 Å². The van der Waals surface area contributed by atoms with Gasteiger partial charge in [0, 0.05) is 5.41 Å². The van der Waals surface area contributed by atoms with Gasteiger partial charge in [0.2, 0.25) is 5.89 Å². The van der Waals surface area contributed by atoms with Crippen LogP contribution in [0.4, 0.5) is 0 Å². The molecule has 84 valence electrons. The summed E-state index contributed by atoms with van der Waals surface area (Å²) in [7, 11) is 0. The molecule has 0 amide bonds. The van der Waals surface area contributed by atoms with Crippen molar-refractivity contribution in [1.82, 2.24) is 10.1 Å². The first-order chi connectivity index (χ1) is 7.12. The van der Waals surface area contributed by atoms with Crippen LogP contribution in [0.2, 0.25) is 0 Å². The average molecular weight is 229 g/mol. The molecule has 15 heavy (non-hydrogen) atoms. The first kappa shape index (κ1) is 10.9. The Kier molecular flexibility index (Phi) is 3.01. The van der Waals surface area contributed by atoms with Gasteiger partial charge in [-0.2, -0.15) is 4.98 Å². The second-order valence-corrected chi connectivity index (χ2v) is 5.35. The highest BCUT2D eigenvalue weighted by Gasteiger charge is 2.34. The predicted octanol–water partition coefficient (Wildman–Crippen LogP) is 3.59. The Morgan fingerprint density at radius 3 is 2.53 bits per heavy atom. The minimum absolute atomic E-state index is 0.0786. The monoisotopic (exact) mass is 228 g/mol. The largest absolute Gasteiger partial charge is 0.339 e. The van der Waals surface area contributed by atoms with Crippen molar-refractivity contribution in [1.29, 1.82) is 0 Å². The van der Waals surface area contributed by atoms with Gasteiger partial charge in [-0.3, -0.25) is 0 Å². The van der Waals surface area contributed by atoms with E-state index in [0.717, 1.165) is 18.7 Å². The smallest absolute Gasteiger partial charge is 0.232 e. The minimum atomic E-state index is -0.172. The van der Waals surface area contributed by atoms with Gasteiger partial charge in [-0.1, -0.05) is 31.3 Å². The Morgan fingerprint density at radius 2 is 2.00 bits per heavy atom. The fraction of sp³-hybridized carbons (Fsp3) is 0.818. The van der Waals surface area contributed by atoms with E-state index in [9.17, 15) is 0 Å². The molecule has 1 saturated carbocycles. The summed E-state index contributed by atoms with van der Waals surface area (Å²) in [6.45, 7) is 4.07. The molecule has 1 aromatic heterocycles. The van der Waals surface area contributed by atoms with Gasteiger partial charge >= 0.3 is 0 Å². The molecule has 0 aromatic carbocycles. The van der Waals surface area contributed by atoms with Crippen molar-refractivity contribution in [3.05, 3.63) is 11.7 Å². The fourth-order valence-corrected chi connectivity index (χ4v) is 2.28. The van der Waals surface area contributed by atoms with E-state index in [1.165, 1.54) is 19.3 Å². The van der Waals surface area contributed by atoms with Gasteiger partial charge in [-0.15, -0.1) is 11.6 Å². The average Bonchev–Trinajstić information content (AvgIpc) is 2.68. The van der Waals surface area contributed by atoms with Crippen LogP contribution in [0.1, 0.15) is 63.0 Å². The molecule has 1 aliphatic rings. The molecule has 3 nitrogen and oxygen atoms in total. The summed E-state index contributed by atoms with van der Waals surface area (Å²) in [5.74, 6) is 1.38. The first-order valence-corrected chi connectivity index (χ1v) is 6.04. The van der Waals surface area contributed by atoms with Crippen molar-refractivity contribution in [2.75, 3.05) is 0 Å². The standard InChI is InChI=1S/C11H17ClN2O/c1-8(12)9-13-10(15-14-9)11(2)6-4-3-5-7-11/h8H,3-7H2,1-2H3. The molecular formula is C11H17ClN2O. The quantitative estimate of drug-likeness (QED) is 0.727. The second-order valence-electron chi connectivity index (χ2n) is 4.70. The van der Waals surface area contributed by atoms with Gasteiger partial charge in [-0.05, 0) is 19.8 Å². The lowest BCUT2D eigenvalue weighted by molar-refractivity contribution is 0.231. The lowest BCUT2D eigenvalue weighted by Crippen LogP contribution is -2.25. The fourth-order valence-electron chi connectivity index (χ4n) is 2.19. The maximum absolute atomic E-state index is 5.92. The van der Waals surface area contributed by atoms with E-state index < -0.39 is 0 Å². The molecule has 0 spiro atoms. The topological polar surface area (TPSA) is 38.9 Å². The molecule has 4 heteroatoms. The number of nitrogens with zero attached hydrogens (tertiary/aromatic N) is 2. The second kappa shape index (κ2) is 4.12. The van der Waals surface area contributed by atoms with Crippen LogP contribution < -0.4 is 0 Å². The maximum Gasteiger partial charge on any atom is 0.232 e. The Morgan fingerprint density at radius 1 is 1.33 bits per heavy atom. The third-order valence-corrected chi connectivity index (χ3v) is 3.47. The van der Waals surface area contributed by atoms with Crippen molar-refractivity contribution in [2.45, 2.75) is 56.7 Å². The van der Waals surface area contributed by atoms with E-state index in [1.54, 1.807) is 0 Å². The molecule has 0 bridgehead atoms. The molecule has 0 N–H and O–H groups in total. The van der Waals surface area contributed by atoms with E-state index in [-0.39, 0.29) is 10.8 Å². The zero-order valence-electron chi connectivity index (χ0n) is 9.29. The Labute approximate surface area is 95.2 Å². The lowest BCUT2D eigenvalue weighted by Gasteiger charge is -2.29. The molecule has 1 aliphatic carbocycles. The minimum Gasteiger partial charge on any atom is -0.339 e. The summed E-state index contributed by atoms with van der Waals surface area (Å²) >= 11 is 5.92. The third-order valence-electron chi connectivity index (χ3n) is 3.27. The molecule has 1 fully saturated rings. The predicted molar refractivity (Wildman–Crippen MR) is 59.0 cm³/mol. The molecule has 0 aliphatic heterocycles. The van der Waals surface area contributed by atoms with Crippen LogP contribution in [0.25, 0.3) is 0 Å². The normalized spacial score (nSPS) is 22.6. The van der Waals surface area contributed by atoms with E-state index in [2.05, 4.69) is 17.1 Å². The third kappa shape index (κ3) is 2.17. The summed E-state index contributed by atoms with van der Waals surface area (Å²) in [5.41, 5.74) is 0.0786. The van der Waals surface area contributed by atoms with Crippen LogP contribution in [0, 0.1) is 0 Å². The van der Waals surface area contributed by atoms with Gasteiger partial charge in [0.25, 0.3) is 0 Å². The lowest BCUT2D eigenvalue weighted by atomic mass is 9.76. The summed E-state index contributed by atoms with van der Waals surface area (Å²) in [6.07, 6.45) is 6.12. The molecule has 1 atom stereocenters. The molecule has 1 heterocycles. The number of aromatic nitrogens is 2. The van der Waals surface area contributed by atoms with Crippen LogP contribution in [-0.2, 0) is 5.41 Å². The van der Waals surface area contributed by atoms with E-state index in [4.69, 9.17) is 16.1 Å². The highest BCUT2D eigenvalue weighted by molar-refractivity contribution is 6.20. The van der Waals surface area contributed by atoms with Gasteiger partial charge in [0.1, 0.15) is 0 Å². The van der Waals surface area contributed by atoms with Crippen LogP contribution >= 0.6 is 11.6 Å². The number of alkyl halides is 1. The highest BCUT2D eigenvalue weighted by Crippen LogP contribution is 2.38. The summed E-state index contributed by atoms with van der Waals surface area (Å²) in [6, 6.07) is 0. The Bertz CT molecular complexity index is 329. The zero-order chi connectivity index (χ0) is 10.9. The summed E-state index contributed by atoms with van der Waals surface area (Å²) < 4.78 is 5.32. The van der Waals surface area contributed by atoms with Crippen molar-refractivity contribution in [2.24, 2.45) is 0 Å². The SMILES string of the molecule is CC(Cl)c1noc(C2(C)CCCCC2)n1. The van der Waals surface area contributed by atoms with Gasteiger partial charge < -0.3 is 4.52 Å². The van der Waals surface area contributed by atoms with Crippen LogP contribution in [0.3, 0.4) is 0 Å². The van der Waals surface area contributed by atoms with Crippen molar-refractivity contribution >= 4 is 11.6 Å². The molecule has 1 unspecified atom stereocenters. The molecule has 0 saturated heterocycles. The number of rotatable bonds is 2. The van der Waals surface area contributed by atoms with Gasteiger partial charge in [0.15, 0.2) is 5.82 Å². The highest BCUT2D eigenvalue weighted by atomic mass is 35.5.